The molecule has 2 rings (SSSR count). The first-order valence-corrected chi connectivity index (χ1v) is 6.17. The molecule has 0 aliphatic carbocycles. The molecule has 0 bridgehead atoms. The van der Waals surface area contributed by atoms with Gasteiger partial charge in [0.05, 0.1) is 5.56 Å². The number of hydrogen-bond donors (Lipinski definition) is 1. The maximum atomic E-state index is 13.0. The van der Waals surface area contributed by atoms with Crippen LogP contribution in [0.25, 0.3) is 0 Å². The molecule has 0 spiro atoms. The van der Waals surface area contributed by atoms with E-state index in [1.54, 1.807) is 20.0 Å². The monoisotopic (exact) mass is 301 g/mol. The molecule has 114 valence electrons. The first-order chi connectivity index (χ1) is 9.90. The zero-order chi connectivity index (χ0) is 15.5. The number of halogens is 3. The molecular weight excluding hydrogens is 287 g/mol. The van der Waals surface area contributed by atoms with Gasteiger partial charge in [-0.2, -0.15) is 18.2 Å². The molecule has 0 saturated heterocycles. The van der Waals surface area contributed by atoms with Gasteiger partial charge < -0.3 is 14.6 Å². The number of rotatable bonds is 5. The number of aromatic nitrogens is 2. The SMILES string of the molecule is CNCc1ccc(OCc2nc(C)no2)c(C(F)(F)F)c1. The third kappa shape index (κ3) is 3.94. The van der Waals surface area contributed by atoms with E-state index < -0.39 is 11.7 Å². The number of alkyl halides is 3. The minimum Gasteiger partial charge on any atom is -0.483 e. The number of ether oxygens (including phenoxy) is 1. The van der Waals surface area contributed by atoms with E-state index in [1.807, 2.05) is 0 Å². The average Bonchev–Trinajstić information content (AvgIpc) is 2.82. The summed E-state index contributed by atoms with van der Waals surface area (Å²) in [6.07, 6.45) is -4.50. The van der Waals surface area contributed by atoms with Gasteiger partial charge in [-0.3, -0.25) is 0 Å². The van der Waals surface area contributed by atoms with Gasteiger partial charge in [-0.1, -0.05) is 11.2 Å². The van der Waals surface area contributed by atoms with E-state index in [-0.39, 0.29) is 18.2 Å². The zero-order valence-corrected chi connectivity index (χ0v) is 11.5. The van der Waals surface area contributed by atoms with Crippen molar-refractivity contribution in [3.63, 3.8) is 0 Å². The van der Waals surface area contributed by atoms with Crippen molar-refractivity contribution in [3.8, 4) is 5.75 Å². The quantitative estimate of drug-likeness (QED) is 0.920. The summed E-state index contributed by atoms with van der Waals surface area (Å²) in [5.41, 5.74) is -0.308. The van der Waals surface area contributed by atoms with Crippen LogP contribution >= 0.6 is 0 Å². The van der Waals surface area contributed by atoms with Crippen LogP contribution < -0.4 is 10.1 Å². The van der Waals surface area contributed by atoms with E-state index >= 15 is 0 Å². The molecule has 0 amide bonds. The molecule has 1 heterocycles. The van der Waals surface area contributed by atoms with Crippen LogP contribution in [0.15, 0.2) is 22.7 Å². The Labute approximate surface area is 119 Å². The van der Waals surface area contributed by atoms with Gasteiger partial charge in [0.1, 0.15) is 5.75 Å². The Kier molecular flexibility index (Phi) is 4.46. The van der Waals surface area contributed by atoms with E-state index in [0.717, 1.165) is 6.07 Å². The number of benzene rings is 1. The molecule has 1 N–H and O–H groups in total. The highest BCUT2D eigenvalue weighted by atomic mass is 19.4. The van der Waals surface area contributed by atoms with Crippen molar-refractivity contribution < 1.29 is 22.4 Å². The first-order valence-electron chi connectivity index (χ1n) is 6.17. The van der Waals surface area contributed by atoms with Gasteiger partial charge in [0.2, 0.25) is 0 Å². The summed E-state index contributed by atoms with van der Waals surface area (Å²) in [6.45, 7) is 1.74. The van der Waals surface area contributed by atoms with Crippen molar-refractivity contribution in [1.82, 2.24) is 15.5 Å². The second-order valence-electron chi connectivity index (χ2n) is 4.38. The molecule has 0 aliphatic heterocycles. The summed E-state index contributed by atoms with van der Waals surface area (Å²) in [5, 5.41) is 6.34. The van der Waals surface area contributed by atoms with E-state index in [1.165, 1.54) is 6.07 Å². The molecule has 0 saturated carbocycles. The van der Waals surface area contributed by atoms with Crippen LogP contribution in [0.2, 0.25) is 0 Å². The summed E-state index contributed by atoms with van der Waals surface area (Å²) >= 11 is 0. The van der Waals surface area contributed by atoms with Crippen molar-refractivity contribution in [2.75, 3.05) is 7.05 Å². The highest BCUT2D eigenvalue weighted by Gasteiger charge is 2.34. The average molecular weight is 301 g/mol. The minimum absolute atomic E-state index is 0.125. The fourth-order valence-corrected chi connectivity index (χ4v) is 1.78. The third-order valence-corrected chi connectivity index (χ3v) is 2.65. The Morgan fingerprint density at radius 3 is 2.67 bits per heavy atom. The van der Waals surface area contributed by atoms with E-state index in [0.29, 0.717) is 17.9 Å². The van der Waals surface area contributed by atoms with E-state index in [2.05, 4.69) is 15.5 Å². The van der Waals surface area contributed by atoms with Crippen molar-refractivity contribution in [3.05, 3.63) is 41.0 Å². The van der Waals surface area contributed by atoms with Crippen LogP contribution in [0, 0.1) is 6.92 Å². The van der Waals surface area contributed by atoms with Crippen LogP contribution in [-0.4, -0.2) is 17.2 Å². The van der Waals surface area contributed by atoms with Crippen LogP contribution in [-0.2, 0) is 19.3 Å². The molecule has 2 aromatic rings. The number of nitrogens with one attached hydrogen (secondary N) is 1. The summed E-state index contributed by atoms with van der Waals surface area (Å²) < 4.78 is 49.1. The van der Waals surface area contributed by atoms with Gasteiger partial charge in [0.15, 0.2) is 12.4 Å². The Bertz CT molecular complexity index is 611. The molecule has 0 atom stereocenters. The normalized spacial score (nSPS) is 11.7. The van der Waals surface area contributed by atoms with Crippen molar-refractivity contribution in [2.45, 2.75) is 26.3 Å². The highest BCUT2D eigenvalue weighted by Crippen LogP contribution is 2.37. The number of aryl methyl sites for hydroxylation is 1. The zero-order valence-electron chi connectivity index (χ0n) is 11.5. The highest BCUT2D eigenvalue weighted by molar-refractivity contribution is 5.39. The van der Waals surface area contributed by atoms with Crippen LogP contribution in [0.3, 0.4) is 0 Å². The molecule has 0 radical (unpaired) electrons. The van der Waals surface area contributed by atoms with Crippen molar-refractivity contribution in [1.29, 1.82) is 0 Å². The van der Waals surface area contributed by atoms with Gasteiger partial charge >= 0.3 is 6.18 Å². The number of hydrogen-bond acceptors (Lipinski definition) is 5. The molecule has 1 aromatic heterocycles. The lowest BCUT2D eigenvalue weighted by Crippen LogP contribution is -2.12. The molecule has 1 aromatic carbocycles. The maximum absolute atomic E-state index is 13.0. The fourth-order valence-electron chi connectivity index (χ4n) is 1.78. The number of nitrogens with zero attached hydrogens (tertiary/aromatic N) is 2. The smallest absolute Gasteiger partial charge is 0.419 e. The summed E-state index contributed by atoms with van der Waals surface area (Å²) in [4.78, 5) is 3.87. The molecule has 8 heteroatoms. The Morgan fingerprint density at radius 2 is 2.10 bits per heavy atom. The second kappa shape index (κ2) is 6.13. The van der Waals surface area contributed by atoms with Gasteiger partial charge in [-0.15, -0.1) is 0 Å². The largest absolute Gasteiger partial charge is 0.483 e. The van der Waals surface area contributed by atoms with Gasteiger partial charge in [0.25, 0.3) is 5.89 Å². The Hall–Kier alpha value is -2.09. The summed E-state index contributed by atoms with van der Waals surface area (Å²) in [5.74, 6) is 0.257. The lowest BCUT2D eigenvalue weighted by Gasteiger charge is -2.14. The maximum Gasteiger partial charge on any atom is 0.419 e. The van der Waals surface area contributed by atoms with Crippen LogP contribution in [0.5, 0.6) is 5.75 Å². The van der Waals surface area contributed by atoms with Crippen LogP contribution in [0.4, 0.5) is 13.2 Å². The third-order valence-electron chi connectivity index (χ3n) is 2.65. The molecule has 0 unspecified atom stereocenters. The van der Waals surface area contributed by atoms with Gasteiger partial charge in [-0.25, -0.2) is 0 Å². The standard InChI is InChI=1S/C13H14F3N3O2/c1-8-18-12(21-19-8)7-20-11-4-3-9(6-17-2)5-10(11)13(14,15)16/h3-5,17H,6-7H2,1-2H3. The Morgan fingerprint density at radius 1 is 1.33 bits per heavy atom. The lowest BCUT2D eigenvalue weighted by atomic mass is 10.1. The van der Waals surface area contributed by atoms with E-state index in [4.69, 9.17) is 9.26 Å². The van der Waals surface area contributed by atoms with Crippen molar-refractivity contribution in [2.24, 2.45) is 0 Å². The van der Waals surface area contributed by atoms with Crippen molar-refractivity contribution >= 4 is 0 Å². The van der Waals surface area contributed by atoms with Gasteiger partial charge in [0, 0.05) is 6.54 Å². The predicted octanol–water partition coefficient (Wildman–Crippen LogP) is 2.70. The predicted molar refractivity (Wildman–Crippen MR) is 67.6 cm³/mol. The van der Waals surface area contributed by atoms with Crippen LogP contribution in [0.1, 0.15) is 22.8 Å². The molecule has 0 fully saturated rings. The molecule has 21 heavy (non-hydrogen) atoms. The summed E-state index contributed by atoms with van der Waals surface area (Å²) in [7, 11) is 1.66. The Balaban J connectivity index is 2.21. The van der Waals surface area contributed by atoms with Gasteiger partial charge in [-0.05, 0) is 31.7 Å². The topological polar surface area (TPSA) is 60.2 Å². The second-order valence-corrected chi connectivity index (χ2v) is 4.38. The summed E-state index contributed by atoms with van der Waals surface area (Å²) in [6, 6.07) is 3.92. The van der Waals surface area contributed by atoms with E-state index in [9.17, 15) is 13.2 Å². The molecule has 5 nitrogen and oxygen atoms in total. The lowest BCUT2D eigenvalue weighted by molar-refractivity contribution is -0.139. The molecule has 0 aliphatic rings. The first kappa shape index (κ1) is 15.3. The molecular formula is C13H14F3N3O2. The fraction of sp³-hybridized carbons (Fsp3) is 0.385. The minimum atomic E-state index is -4.50.